The summed E-state index contributed by atoms with van der Waals surface area (Å²) in [6, 6.07) is 7.55. The summed E-state index contributed by atoms with van der Waals surface area (Å²) in [6.45, 7) is 3.40. The van der Waals surface area contributed by atoms with Gasteiger partial charge in [0.25, 0.3) is 0 Å². The summed E-state index contributed by atoms with van der Waals surface area (Å²) >= 11 is 5.25. The zero-order valence-electron chi connectivity index (χ0n) is 15.0. The van der Waals surface area contributed by atoms with Crippen LogP contribution in [0.2, 0.25) is 0 Å². The van der Waals surface area contributed by atoms with Gasteiger partial charge >= 0.3 is 0 Å². The Balaban J connectivity index is 1.71. The van der Waals surface area contributed by atoms with Crippen molar-refractivity contribution in [3.8, 4) is 0 Å². The van der Waals surface area contributed by atoms with Crippen molar-refractivity contribution in [2.24, 2.45) is 0 Å². The van der Waals surface area contributed by atoms with Crippen LogP contribution in [0.15, 0.2) is 36.5 Å². The first-order chi connectivity index (χ1) is 13.2. The van der Waals surface area contributed by atoms with E-state index in [9.17, 15) is 17.6 Å². The summed E-state index contributed by atoms with van der Waals surface area (Å²) < 4.78 is 55.4. The maximum atomic E-state index is 13.8. The van der Waals surface area contributed by atoms with Crippen molar-refractivity contribution in [1.82, 2.24) is 9.78 Å². The Morgan fingerprint density at radius 2 is 1.68 bits per heavy atom. The predicted octanol–water partition coefficient (Wildman–Crippen LogP) is 4.91. The standard InChI is InChI=1S/C19H16F4N4S/c1-10-3-4-11(2)15(7-10)24-19(28)25-16-5-6-27(26-16)9-12-17(22)13(20)8-14(21)18(12)23/h3-8H,9H2,1-2H3,(H2,24,25,26,28). The molecule has 0 atom stereocenters. The molecule has 3 aromatic rings. The number of rotatable bonds is 4. The molecule has 0 aliphatic heterocycles. The second-order valence-corrected chi connectivity index (χ2v) is 6.65. The van der Waals surface area contributed by atoms with Gasteiger partial charge in [-0.05, 0) is 43.3 Å². The first kappa shape index (κ1) is 19.8. The fourth-order valence-corrected chi connectivity index (χ4v) is 2.79. The van der Waals surface area contributed by atoms with Crippen LogP contribution in [0.1, 0.15) is 16.7 Å². The zero-order chi connectivity index (χ0) is 20.4. The molecule has 0 unspecified atom stereocenters. The first-order valence-corrected chi connectivity index (χ1v) is 8.66. The third kappa shape index (κ3) is 4.30. The molecule has 0 bridgehead atoms. The molecule has 0 amide bonds. The van der Waals surface area contributed by atoms with Gasteiger partial charge in [0, 0.05) is 24.0 Å². The van der Waals surface area contributed by atoms with Gasteiger partial charge in [0.1, 0.15) is 0 Å². The number of nitrogens with zero attached hydrogens (tertiary/aromatic N) is 2. The Labute approximate surface area is 164 Å². The van der Waals surface area contributed by atoms with Crippen molar-refractivity contribution in [3.63, 3.8) is 0 Å². The molecule has 0 saturated heterocycles. The number of halogens is 4. The second-order valence-electron chi connectivity index (χ2n) is 6.24. The molecule has 0 radical (unpaired) electrons. The van der Waals surface area contributed by atoms with E-state index >= 15 is 0 Å². The first-order valence-electron chi connectivity index (χ1n) is 8.25. The maximum absolute atomic E-state index is 13.8. The van der Waals surface area contributed by atoms with E-state index in [1.165, 1.54) is 12.3 Å². The van der Waals surface area contributed by atoms with Crippen LogP contribution in [0.5, 0.6) is 0 Å². The molecule has 4 nitrogen and oxygen atoms in total. The molecule has 0 saturated carbocycles. The lowest BCUT2D eigenvalue weighted by Crippen LogP contribution is -2.20. The Kier molecular flexibility index (Phi) is 5.64. The van der Waals surface area contributed by atoms with Crippen molar-refractivity contribution >= 4 is 28.8 Å². The lowest BCUT2D eigenvalue weighted by Gasteiger charge is -2.12. The molecule has 3 rings (SSSR count). The average molecular weight is 408 g/mol. The van der Waals surface area contributed by atoms with E-state index in [4.69, 9.17) is 12.2 Å². The van der Waals surface area contributed by atoms with E-state index in [2.05, 4.69) is 15.7 Å². The highest BCUT2D eigenvalue weighted by Crippen LogP contribution is 2.21. The van der Waals surface area contributed by atoms with E-state index in [1.54, 1.807) is 0 Å². The molecular formula is C19H16F4N4S. The Morgan fingerprint density at radius 3 is 2.36 bits per heavy atom. The molecule has 0 spiro atoms. The van der Waals surface area contributed by atoms with Gasteiger partial charge in [0.2, 0.25) is 0 Å². The SMILES string of the molecule is Cc1ccc(C)c(NC(=S)Nc2ccn(Cc3c(F)c(F)cc(F)c3F)n2)c1. The lowest BCUT2D eigenvalue weighted by atomic mass is 10.1. The molecule has 0 aliphatic rings. The predicted molar refractivity (Wildman–Crippen MR) is 103 cm³/mol. The second kappa shape index (κ2) is 7.97. The van der Waals surface area contributed by atoms with Gasteiger partial charge in [-0.1, -0.05) is 12.1 Å². The number of hydrogen-bond donors (Lipinski definition) is 2. The average Bonchev–Trinajstić information content (AvgIpc) is 3.07. The van der Waals surface area contributed by atoms with E-state index in [0.29, 0.717) is 5.82 Å². The highest BCUT2D eigenvalue weighted by molar-refractivity contribution is 7.80. The summed E-state index contributed by atoms with van der Waals surface area (Å²) in [5.74, 6) is -5.51. The quantitative estimate of drug-likeness (QED) is 0.366. The highest BCUT2D eigenvalue weighted by Gasteiger charge is 2.19. The zero-order valence-corrected chi connectivity index (χ0v) is 15.8. The van der Waals surface area contributed by atoms with Crippen LogP contribution in [-0.4, -0.2) is 14.9 Å². The van der Waals surface area contributed by atoms with Gasteiger partial charge in [-0.3, -0.25) is 4.68 Å². The van der Waals surface area contributed by atoms with E-state index in [1.807, 2.05) is 32.0 Å². The number of benzene rings is 2. The van der Waals surface area contributed by atoms with Gasteiger partial charge in [-0.15, -0.1) is 0 Å². The van der Waals surface area contributed by atoms with Gasteiger partial charge in [0.05, 0.1) is 12.1 Å². The van der Waals surface area contributed by atoms with E-state index in [-0.39, 0.29) is 11.2 Å². The van der Waals surface area contributed by atoms with Gasteiger partial charge in [0.15, 0.2) is 34.2 Å². The summed E-state index contributed by atoms with van der Waals surface area (Å²) in [4.78, 5) is 0. The number of nitrogens with one attached hydrogen (secondary N) is 2. The number of aromatic nitrogens is 2. The maximum Gasteiger partial charge on any atom is 0.176 e. The van der Waals surface area contributed by atoms with Crippen LogP contribution in [0, 0.1) is 37.1 Å². The Hall–Kier alpha value is -2.94. The van der Waals surface area contributed by atoms with Crippen molar-refractivity contribution in [2.75, 3.05) is 10.6 Å². The molecule has 2 aromatic carbocycles. The minimum atomic E-state index is -1.46. The summed E-state index contributed by atoms with van der Waals surface area (Å²) in [5.41, 5.74) is 2.14. The van der Waals surface area contributed by atoms with Crippen LogP contribution in [0.4, 0.5) is 29.1 Å². The number of thiocarbonyl (C=S) groups is 1. The van der Waals surface area contributed by atoms with E-state index < -0.39 is 35.4 Å². The molecule has 0 aliphatic carbocycles. The molecule has 1 heterocycles. The molecule has 28 heavy (non-hydrogen) atoms. The van der Waals surface area contributed by atoms with E-state index in [0.717, 1.165) is 21.5 Å². The van der Waals surface area contributed by atoms with Crippen LogP contribution < -0.4 is 10.6 Å². The van der Waals surface area contributed by atoms with Crippen molar-refractivity contribution in [2.45, 2.75) is 20.4 Å². The van der Waals surface area contributed by atoms with Crippen LogP contribution in [-0.2, 0) is 6.54 Å². The minimum absolute atomic E-state index is 0.168. The van der Waals surface area contributed by atoms with Crippen molar-refractivity contribution < 1.29 is 17.6 Å². The lowest BCUT2D eigenvalue weighted by molar-refractivity contribution is 0.431. The summed E-state index contributed by atoms with van der Waals surface area (Å²) in [7, 11) is 0. The summed E-state index contributed by atoms with van der Waals surface area (Å²) in [5, 5.41) is 10.2. The molecule has 2 N–H and O–H groups in total. The molecular weight excluding hydrogens is 392 g/mol. The topological polar surface area (TPSA) is 41.9 Å². The summed E-state index contributed by atoms with van der Waals surface area (Å²) in [6.07, 6.45) is 1.41. The molecule has 0 fully saturated rings. The smallest absolute Gasteiger partial charge is 0.176 e. The van der Waals surface area contributed by atoms with Crippen molar-refractivity contribution in [3.05, 3.63) is 76.5 Å². The normalized spacial score (nSPS) is 10.8. The minimum Gasteiger partial charge on any atom is -0.332 e. The monoisotopic (exact) mass is 408 g/mol. The highest BCUT2D eigenvalue weighted by atomic mass is 32.1. The van der Waals surface area contributed by atoms with Crippen LogP contribution in [0.3, 0.4) is 0 Å². The number of hydrogen-bond acceptors (Lipinski definition) is 2. The van der Waals surface area contributed by atoms with Crippen LogP contribution in [0.25, 0.3) is 0 Å². The van der Waals surface area contributed by atoms with Gasteiger partial charge in [-0.25, -0.2) is 17.6 Å². The number of anilines is 2. The van der Waals surface area contributed by atoms with Crippen molar-refractivity contribution in [1.29, 1.82) is 0 Å². The Bertz CT molecular complexity index is 1020. The largest absolute Gasteiger partial charge is 0.332 e. The van der Waals surface area contributed by atoms with Gasteiger partial charge in [-0.2, -0.15) is 5.10 Å². The fraction of sp³-hybridized carbons (Fsp3) is 0.158. The third-order valence-corrected chi connectivity index (χ3v) is 4.25. The third-order valence-electron chi connectivity index (χ3n) is 4.05. The molecule has 1 aromatic heterocycles. The Morgan fingerprint density at radius 1 is 1.00 bits per heavy atom. The molecule has 9 heteroatoms. The van der Waals surface area contributed by atoms with Crippen LogP contribution >= 0.6 is 12.2 Å². The fourth-order valence-electron chi connectivity index (χ4n) is 2.58. The molecule has 146 valence electrons. The van der Waals surface area contributed by atoms with Gasteiger partial charge < -0.3 is 10.6 Å². The number of aryl methyl sites for hydroxylation is 2.